The Labute approximate surface area is 113 Å². The van der Waals surface area contributed by atoms with Gasteiger partial charge in [0.05, 0.1) is 0 Å². The van der Waals surface area contributed by atoms with E-state index in [2.05, 4.69) is 5.32 Å². The lowest BCUT2D eigenvalue weighted by Gasteiger charge is -2.29. The Morgan fingerprint density at radius 1 is 1.00 bits per heavy atom. The number of rotatable bonds is 4. The first-order chi connectivity index (χ1) is 9.16. The number of amides is 1. The molecule has 0 radical (unpaired) electrons. The highest BCUT2D eigenvalue weighted by atomic mass is 16.5. The molecule has 0 spiro atoms. The normalized spacial score (nSPS) is 13.4. The highest BCUT2D eigenvalue weighted by Gasteiger charge is 2.36. The van der Waals surface area contributed by atoms with Crippen molar-refractivity contribution in [3.63, 3.8) is 0 Å². The molecule has 2 aromatic rings. The van der Waals surface area contributed by atoms with E-state index in [1.165, 1.54) is 0 Å². The van der Waals surface area contributed by atoms with E-state index in [0.717, 1.165) is 5.56 Å². The molecule has 2 rings (SSSR count). The molecule has 1 N–H and O–H groups in total. The Kier molecular flexibility index (Phi) is 3.85. The molecule has 0 aliphatic heterocycles. The van der Waals surface area contributed by atoms with Gasteiger partial charge in [-0.1, -0.05) is 48.5 Å². The van der Waals surface area contributed by atoms with E-state index in [9.17, 15) is 4.79 Å². The molecule has 0 aliphatic rings. The van der Waals surface area contributed by atoms with Gasteiger partial charge >= 0.3 is 0 Å². The monoisotopic (exact) mass is 255 g/mol. The van der Waals surface area contributed by atoms with Crippen LogP contribution in [0.25, 0.3) is 0 Å². The standard InChI is InChI=1S/C16H17NO2/c1-16(15(18)17-2,13-9-5-3-6-10-13)19-14-11-7-4-8-12-14/h3-12H,1-2H3,(H,17,18). The lowest BCUT2D eigenvalue weighted by atomic mass is 9.94. The van der Waals surface area contributed by atoms with Crippen molar-refractivity contribution in [1.29, 1.82) is 0 Å². The minimum atomic E-state index is -1.04. The summed E-state index contributed by atoms with van der Waals surface area (Å²) in [4.78, 5) is 12.2. The van der Waals surface area contributed by atoms with Crippen molar-refractivity contribution < 1.29 is 9.53 Å². The first-order valence-electron chi connectivity index (χ1n) is 6.18. The molecule has 1 atom stereocenters. The lowest BCUT2D eigenvalue weighted by molar-refractivity contribution is -0.135. The van der Waals surface area contributed by atoms with Gasteiger partial charge in [-0.15, -0.1) is 0 Å². The number of nitrogens with one attached hydrogen (secondary N) is 1. The zero-order valence-electron chi connectivity index (χ0n) is 11.1. The second-order valence-corrected chi connectivity index (χ2v) is 4.39. The van der Waals surface area contributed by atoms with Crippen LogP contribution in [-0.4, -0.2) is 13.0 Å². The molecular formula is C16H17NO2. The fourth-order valence-electron chi connectivity index (χ4n) is 1.96. The fourth-order valence-corrected chi connectivity index (χ4v) is 1.96. The maximum Gasteiger partial charge on any atom is 0.268 e. The van der Waals surface area contributed by atoms with E-state index in [-0.39, 0.29) is 5.91 Å². The van der Waals surface area contributed by atoms with Crippen LogP contribution in [-0.2, 0) is 10.4 Å². The van der Waals surface area contributed by atoms with Crippen molar-refractivity contribution in [2.45, 2.75) is 12.5 Å². The molecule has 0 aromatic heterocycles. The Bertz CT molecular complexity index is 539. The van der Waals surface area contributed by atoms with Crippen LogP contribution in [0.4, 0.5) is 0 Å². The van der Waals surface area contributed by atoms with Gasteiger partial charge in [-0.2, -0.15) is 0 Å². The predicted molar refractivity (Wildman–Crippen MR) is 74.9 cm³/mol. The third-order valence-corrected chi connectivity index (χ3v) is 3.05. The van der Waals surface area contributed by atoms with Crippen molar-refractivity contribution in [2.24, 2.45) is 0 Å². The Morgan fingerprint density at radius 3 is 2.05 bits per heavy atom. The van der Waals surface area contributed by atoms with Crippen molar-refractivity contribution in [3.8, 4) is 5.75 Å². The summed E-state index contributed by atoms with van der Waals surface area (Å²) in [7, 11) is 1.61. The second kappa shape index (κ2) is 5.57. The number of hydrogen-bond acceptors (Lipinski definition) is 2. The molecule has 0 heterocycles. The van der Waals surface area contributed by atoms with E-state index in [4.69, 9.17) is 4.74 Å². The highest BCUT2D eigenvalue weighted by Crippen LogP contribution is 2.28. The molecule has 3 heteroatoms. The molecular weight excluding hydrogens is 238 g/mol. The van der Waals surface area contributed by atoms with Crippen LogP contribution in [0.3, 0.4) is 0 Å². The summed E-state index contributed by atoms with van der Waals surface area (Å²) >= 11 is 0. The van der Waals surface area contributed by atoms with Crippen LogP contribution >= 0.6 is 0 Å². The van der Waals surface area contributed by atoms with E-state index in [1.807, 2.05) is 60.7 Å². The maximum atomic E-state index is 12.2. The van der Waals surface area contributed by atoms with E-state index >= 15 is 0 Å². The molecule has 3 nitrogen and oxygen atoms in total. The van der Waals surface area contributed by atoms with Crippen LogP contribution in [0.1, 0.15) is 12.5 Å². The molecule has 2 aromatic carbocycles. The van der Waals surface area contributed by atoms with Crippen molar-refractivity contribution >= 4 is 5.91 Å². The number of ether oxygens (including phenoxy) is 1. The molecule has 19 heavy (non-hydrogen) atoms. The van der Waals surface area contributed by atoms with E-state index < -0.39 is 5.60 Å². The number of carbonyl (C=O) groups excluding carboxylic acids is 1. The summed E-state index contributed by atoms with van der Waals surface area (Å²) in [6.07, 6.45) is 0. The zero-order chi connectivity index (χ0) is 13.7. The van der Waals surface area contributed by atoms with Gasteiger partial charge < -0.3 is 10.1 Å². The third kappa shape index (κ3) is 2.76. The molecule has 0 bridgehead atoms. The van der Waals surface area contributed by atoms with Gasteiger partial charge in [-0.25, -0.2) is 0 Å². The molecule has 0 fully saturated rings. The SMILES string of the molecule is CNC(=O)C(C)(Oc1ccccc1)c1ccccc1. The summed E-state index contributed by atoms with van der Waals surface area (Å²) in [6, 6.07) is 18.8. The van der Waals surface area contributed by atoms with Gasteiger partial charge in [0.2, 0.25) is 5.60 Å². The zero-order valence-corrected chi connectivity index (χ0v) is 11.1. The number of benzene rings is 2. The number of carbonyl (C=O) groups is 1. The Balaban J connectivity index is 2.39. The smallest absolute Gasteiger partial charge is 0.268 e. The first-order valence-corrected chi connectivity index (χ1v) is 6.18. The van der Waals surface area contributed by atoms with Crippen molar-refractivity contribution in [2.75, 3.05) is 7.05 Å². The van der Waals surface area contributed by atoms with Gasteiger partial charge in [0.15, 0.2) is 0 Å². The molecule has 0 saturated carbocycles. The average Bonchev–Trinajstić information content (AvgIpc) is 2.48. The van der Waals surface area contributed by atoms with Gasteiger partial charge in [-0.05, 0) is 19.1 Å². The number of hydrogen-bond donors (Lipinski definition) is 1. The van der Waals surface area contributed by atoms with Crippen molar-refractivity contribution in [1.82, 2.24) is 5.32 Å². The van der Waals surface area contributed by atoms with Crippen LogP contribution in [0.5, 0.6) is 5.75 Å². The van der Waals surface area contributed by atoms with Gasteiger partial charge in [0.1, 0.15) is 5.75 Å². The van der Waals surface area contributed by atoms with Gasteiger partial charge in [0, 0.05) is 12.6 Å². The molecule has 0 aliphatic carbocycles. The predicted octanol–water partition coefficient (Wildman–Crippen LogP) is 2.73. The van der Waals surface area contributed by atoms with Crippen LogP contribution in [0, 0.1) is 0 Å². The maximum absolute atomic E-state index is 12.2. The topological polar surface area (TPSA) is 38.3 Å². The molecule has 0 saturated heterocycles. The summed E-state index contributed by atoms with van der Waals surface area (Å²) in [5.74, 6) is 0.486. The summed E-state index contributed by atoms with van der Waals surface area (Å²) in [5.41, 5.74) is -0.227. The van der Waals surface area contributed by atoms with Crippen LogP contribution in [0.15, 0.2) is 60.7 Å². The van der Waals surface area contributed by atoms with Gasteiger partial charge in [-0.3, -0.25) is 4.79 Å². The molecule has 1 unspecified atom stereocenters. The molecule has 1 amide bonds. The van der Waals surface area contributed by atoms with E-state index in [1.54, 1.807) is 14.0 Å². The van der Waals surface area contributed by atoms with E-state index in [0.29, 0.717) is 5.75 Å². The largest absolute Gasteiger partial charge is 0.473 e. The highest BCUT2D eigenvalue weighted by molar-refractivity contribution is 5.86. The van der Waals surface area contributed by atoms with Crippen LogP contribution in [0.2, 0.25) is 0 Å². The van der Waals surface area contributed by atoms with Crippen molar-refractivity contribution in [3.05, 3.63) is 66.2 Å². The Hall–Kier alpha value is -2.29. The number of para-hydroxylation sites is 1. The molecule has 98 valence electrons. The minimum Gasteiger partial charge on any atom is -0.473 e. The minimum absolute atomic E-state index is 0.178. The van der Waals surface area contributed by atoms with Gasteiger partial charge in [0.25, 0.3) is 5.91 Å². The van der Waals surface area contributed by atoms with Crippen LogP contribution < -0.4 is 10.1 Å². The average molecular weight is 255 g/mol. The fraction of sp³-hybridized carbons (Fsp3) is 0.188. The quantitative estimate of drug-likeness (QED) is 0.912. The summed E-state index contributed by atoms with van der Waals surface area (Å²) < 4.78 is 5.93. The summed E-state index contributed by atoms with van der Waals surface area (Å²) in [6.45, 7) is 1.77. The first kappa shape index (κ1) is 13.1. The summed E-state index contributed by atoms with van der Waals surface area (Å²) in [5, 5.41) is 2.66. The third-order valence-electron chi connectivity index (χ3n) is 3.05. The number of likely N-dealkylation sites (N-methyl/N-ethyl adjacent to an activating group) is 1. The lowest BCUT2D eigenvalue weighted by Crippen LogP contribution is -2.45. The second-order valence-electron chi connectivity index (χ2n) is 4.39. The Morgan fingerprint density at radius 2 is 1.53 bits per heavy atom.